The van der Waals surface area contributed by atoms with Gasteiger partial charge in [0.2, 0.25) is 0 Å². The van der Waals surface area contributed by atoms with E-state index in [-0.39, 0.29) is 24.1 Å². The van der Waals surface area contributed by atoms with Crippen LogP contribution in [0.25, 0.3) is 0 Å². The molecule has 3 rings (SSSR count). The lowest BCUT2D eigenvalue weighted by Crippen LogP contribution is -2.34. The van der Waals surface area contributed by atoms with Crippen molar-refractivity contribution in [2.24, 2.45) is 17.8 Å². The van der Waals surface area contributed by atoms with E-state index in [1.807, 2.05) is 6.26 Å². The summed E-state index contributed by atoms with van der Waals surface area (Å²) in [5, 5.41) is 0. The van der Waals surface area contributed by atoms with E-state index < -0.39 is 0 Å². The summed E-state index contributed by atoms with van der Waals surface area (Å²) < 4.78 is 11.1. The minimum atomic E-state index is 0.0257. The molecule has 1 saturated heterocycles. The van der Waals surface area contributed by atoms with Crippen molar-refractivity contribution in [2.75, 3.05) is 12.2 Å². The second-order valence-corrected chi connectivity index (χ2v) is 5.25. The maximum Gasteiger partial charge on any atom is 0.309 e. The highest BCUT2D eigenvalue weighted by molar-refractivity contribution is 7.98. The molecule has 4 heteroatoms. The average molecular weight is 214 g/mol. The van der Waals surface area contributed by atoms with Crippen LogP contribution >= 0.6 is 11.8 Å². The fourth-order valence-corrected chi connectivity index (χ4v) is 3.57. The number of hydrogen-bond donors (Lipinski definition) is 0. The minimum Gasteiger partial charge on any atom is -0.459 e. The van der Waals surface area contributed by atoms with Crippen molar-refractivity contribution in [3.05, 3.63) is 0 Å². The van der Waals surface area contributed by atoms with E-state index in [1.165, 1.54) is 0 Å². The zero-order chi connectivity index (χ0) is 9.71. The molecule has 5 unspecified atom stereocenters. The molecule has 3 nitrogen and oxygen atoms in total. The summed E-state index contributed by atoms with van der Waals surface area (Å²) in [6, 6.07) is 0. The Morgan fingerprint density at radius 2 is 2.43 bits per heavy atom. The summed E-state index contributed by atoms with van der Waals surface area (Å²) >= 11 is 1.68. The Balaban J connectivity index is 1.75. The summed E-state index contributed by atoms with van der Waals surface area (Å²) in [4.78, 5) is 11.4. The molecule has 0 amide bonds. The molecule has 0 aromatic heterocycles. The van der Waals surface area contributed by atoms with Crippen molar-refractivity contribution >= 4 is 17.7 Å². The third-order valence-electron chi connectivity index (χ3n) is 3.79. The zero-order valence-electron chi connectivity index (χ0n) is 8.14. The molecule has 14 heavy (non-hydrogen) atoms. The maximum atomic E-state index is 11.4. The lowest BCUT2D eigenvalue weighted by Gasteiger charge is -2.24. The van der Waals surface area contributed by atoms with E-state index in [4.69, 9.17) is 9.47 Å². The van der Waals surface area contributed by atoms with E-state index >= 15 is 0 Å². The molecule has 0 radical (unpaired) electrons. The number of ether oxygens (including phenoxy) is 2. The van der Waals surface area contributed by atoms with Gasteiger partial charge in [-0.05, 0) is 25.0 Å². The van der Waals surface area contributed by atoms with Crippen molar-refractivity contribution in [1.82, 2.24) is 0 Å². The summed E-state index contributed by atoms with van der Waals surface area (Å²) in [5.74, 6) is 2.00. The highest BCUT2D eigenvalue weighted by Gasteiger charge is 2.62. The molecule has 3 fully saturated rings. The van der Waals surface area contributed by atoms with Gasteiger partial charge in [-0.3, -0.25) is 4.79 Å². The Bertz CT molecular complexity index is 268. The van der Waals surface area contributed by atoms with Gasteiger partial charge in [0.25, 0.3) is 0 Å². The van der Waals surface area contributed by atoms with Crippen LogP contribution in [-0.2, 0) is 14.3 Å². The number of esters is 1. The highest BCUT2D eigenvalue weighted by atomic mass is 32.2. The lowest BCUT2D eigenvalue weighted by atomic mass is 9.88. The number of carbonyl (C=O) groups excluding carboxylic acids is 1. The molecule has 3 aliphatic rings. The first-order valence-corrected chi connectivity index (χ1v) is 6.51. The summed E-state index contributed by atoms with van der Waals surface area (Å²) in [5.41, 5.74) is 0. The highest BCUT2D eigenvalue weighted by Crippen LogP contribution is 2.55. The van der Waals surface area contributed by atoms with Gasteiger partial charge < -0.3 is 9.47 Å². The van der Waals surface area contributed by atoms with Crippen LogP contribution in [0.3, 0.4) is 0 Å². The summed E-state index contributed by atoms with van der Waals surface area (Å²) in [7, 11) is 0. The normalized spacial score (nSPS) is 48.6. The molecule has 0 spiro atoms. The van der Waals surface area contributed by atoms with E-state index in [1.54, 1.807) is 11.8 Å². The van der Waals surface area contributed by atoms with Crippen molar-refractivity contribution in [3.63, 3.8) is 0 Å². The fraction of sp³-hybridized carbons (Fsp3) is 0.900. The lowest BCUT2D eigenvalue weighted by molar-refractivity contribution is -0.146. The van der Waals surface area contributed by atoms with Gasteiger partial charge in [0.05, 0.1) is 18.0 Å². The van der Waals surface area contributed by atoms with Crippen LogP contribution < -0.4 is 0 Å². The van der Waals surface area contributed by atoms with Crippen LogP contribution in [0.1, 0.15) is 12.8 Å². The van der Waals surface area contributed by atoms with Crippen molar-refractivity contribution in [1.29, 1.82) is 0 Å². The molecule has 0 aromatic rings. The van der Waals surface area contributed by atoms with Crippen LogP contribution in [0.4, 0.5) is 0 Å². The molecular weight excluding hydrogens is 200 g/mol. The summed E-state index contributed by atoms with van der Waals surface area (Å²) in [6.45, 7) is 0. The molecular formula is C10H14O3S. The minimum absolute atomic E-state index is 0.0257. The van der Waals surface area contributed by atoms with E-state index in [0.717, 1.165) is 12.8 Å². The van der Waals surface area contributed by atoms with Gasteiger partial charge in [-0.1, -0.05) is 0 Å². The second kappa shape index (κ2) is 3.14. The smallest absolute Gasteiger partial charge is 0.309 e. The largest absolute Gasteiger partial charge is 0.459 e. The third kappa shape index (κ3) is 1.07. The van der Waals surface area contributed by atoms with Crippen molar-refractivity contribution in [2.45, 2.75) is 25.0 Å². The SMILES string of the molecule is CSCOC1C2CC3C(=O)OC1C3C2. The maximum absolute atomic E-state index is 11.4. The van der Waals surface area contributed by atoms with Crippen LogP contribution in [0.15, 0.2) is 0 Å². The van der Waals surface area contributed by atoms with Gasteiger partial charge in [-0.15, -0.1) is 11.8 Å². The number of thioether (sulfide) groups is 1. The topological polar surface area (TPSA) is 35.5 Å². The molecule has 0 N–H and O–H groups in total. The standard InChI is InChI=1S/C10H14O3S/c1-14-4-12-8-5-2-6-7(3-5)10(11)13-9(6)8/h5-9H,2-4H2,1H3. The molecule has 0 aromatic carbocycles. The van der Waals surface area contributed by atoms with Gasteiger partial charge >= 0.3 is 5.97 Å². The predicted octanol–water partition coefficient (Wildman–Crippen LogP) is 1.27. The van der Waals surface area contributed by atoms with Gasteiger partial charge in [0.1, 0.15) is 6.10 Å². The Labute approximate surface area is 87.5 Å². The predicted molar refractivity (Wildman–Crippen MR) is 52.8 cm³/mol. The molecule has 2 saturated carbocycles. The van der Waals surface area contributed by atoms with Crippen LogP contribution in [0, 0.1) is 17.8 Å². The van der Waals surface area contributed by atoms with Gasteiger partial charge in [-0.25, -0.2) is 0 Å². The molecule has 5 atom stereocenters. The zero-order valence-corrected chi connectivity index (χ0v) is 8.96. The molecule has 2 aliphatic carbocycles. The van der Waals surface area contributed by atoms with Crippen LogP contribution in [0.5, 0.6) is 0 Å². The molecule has 78 valence electrons. The molecule has 2 bridgehead atoms. The third-order valence-corrected chi connectivity index (χ3v) is 4.16. The average Bonchev–Trinajstić information content (AvgIpc) is 2.76. The van der Waals surface area contributed by atoms with Gasteiger partial charge in [0.15, 0.2) is 0 Å². The number of fused-ring (bicyclic) bond motifs is 1. The Kier molecular flexibility index (Phi) is 2.02. The van der Waals surface area contributed by atoms with Crippen LogP contribution in [-0.4, -0.2) is 30.4 Å². The number of rotatable bonds is 3. The van der Waals surface area contributed by atoms with E-state index in [2.05, 4.69) is 0 Å². The molecule has 1 heterocycles. The summed E-state index contributed by atoms with van der Waals surface area (Å²) in [6.07, 6.45) is 4.43. The van der Waals surface area contributed by atoms with E-state index in [9.17, 15) is 4.79 Å². The Morgan fingerprint density at radius 1 is 1.57 bits per heavy atom. The first-order chi connectivity index (χ1) is 6.81. The monoisotopic (exact) mass is 214 g/mol. The van der Waals surface area contributed by atoms with Crippen molar-refractivity contribution in [3.8, 4) is 0 Å². The van der Waals surface area contributed by atoms with Crippen LogP contribution in [0.2, 0.25) is 0 Å². The Hall–Kier alpha value is -0.220. The first kappa shape index (κ1) is 9.04. The van der Waals surface area contributed by atoms with Gasteiger partial charge in [-0.2, -0.15) is 0 Å². The fourth-order valence-electron chi connectivity index (χ4n) is 3.28. The van der Waals surface area contributed by atoms with E-state index in [0.29, 0.717) is 17.8 Å². The number of hydrogen-bond acceptors (Lipinski definition) is 4. The Morgan fingerprint density at radius 3 is 3.21 bits per heavy atom. The quantitative estimate of drug-likeness (QED) is 0.523. The van der Waals surface area contributed by atoms with Crippen molar-refractivity contribution < 1.29 is 14.3 Å². The second-order valence-electron chi connectivity index (χ2n) is 4.44. The number of carbonyl (C=O) groups is 1. The first-order valence-electron chi connectivity index (χ1n) is 5.12. The molecule has 1 aliphatic heterocycles. The van der Waals surface area contributed by atoms with Gasteiger partial charge in [0, 0.05) is 5.92 Å².